The molecule has 24 heavy (non-hydrogen) atoms. The molecule has 0 aromatic carbocycles. The third-order valence-electron chi connectivity index (χ3n) is 4.85. The van der Waals surface area contributed by atoms with Crippen molar-refractivity contribution < 1.29 is 4.74 Å². The standard InChI is InChI=1S/C18H27N5O/c1-12(16-11-21-14(3)22-13(16)2)20-10-15-6-5-9-24-17(15)18-19-7-8-23(18)4/h7-8,11-12,15,17,20H,5-6,9-10H2,1-4H3/t12?,15-,17+/m0/s1. The number of aromatic nitrogens is 4. The minimum Gasteiger partial charge on any atom is -0.370 e. The molecule has 3 atom stereocenters. The van der Waals surface area contributed by atoms with E-state index in [1.54, 1.807) is 0 Å². The fourth-order valence-electron chi connectivity index (χ4n) is 3.44. The number of ether oxygens (including phenoxy) is 1. The van der Waals surface area contributed by atoms with Crippen molar-refractivity contribution in [3.63, 3.8) is 0 Å². The first kappa shape index (κ1) is 17.0. The molecule has 6 heteroatoms. The van der Waals surface area contributed by atoms with Crippen molar-refractivity contribution in [1.29, 1.82) is 0 Å². The average Bonchev–Trinajstić information content (AvgIpc) is 2.99. The molecule has 1 unspecified atom stereocenters. The molecule has 6 nitrogen and oxygen atoms in total. The topological polar surface area (TPSA) is 64.9 Å². The zero-order valence-electron chi connectivity index (χ0n) is 15.0. The molecule has 2 aromatic rings. The molecule has 3 heterocycles. The zero-order valence-corrected chi connectivity index (χ0v) is 15.0. The van der Waals surface area contributed by atoms with Crippen LogP contribution in [-0.2, 0) is 11.8 Å². The summed E-state index contributed by atoms with van der Waals surface area (Å²) >= 11 is 0. The van der Waals surface area contributed by atoms with Crippen molar-refractivity contribution in [3.05, 3.63) is 41.5 Å². The van der Waals surface area contributed by atoms with E-state index in [1.165, 1.54) is 0 Å². The van der Waals surface area contributed by atoms with Crippen LogP contribution in [0.15, 0.2) is 18.6 Å². The van der Waals surface area contributed by atoms with E-state index < -0.39 is 0 Å². The van der Waals surface area contributed by atoms with Gasteiger partial charge in [-0.15, -0.1) is 0 Å². The van der Waals surface area contributed by atoms with Crippen molar-refractivity contribution in [1.82, 2.24) is 24.8 Å². The lowest BCUT2D eigenvalue weighted by Crippen LogP contribution is -2.34. The Morgan fingerprint density at radius 2 is 2.21 bits per heavy atom. The predicted molar refractivity (Wildman–Crippen MR) is 92.5 cm³/mol. The summed E-state index contributed by atoms with van der Waals surface area (Å²) in [6, 6.07) is 0.217. The Bertz CT molecular complexity index is 684. The van der Waals surface area contributed by atoms with Crippen LogP contribution in [0.1, 0.15) is 54.8 Å². The van der Waals surface area contributed by atoms with Gasteiger partial charge in [0.1, 0.15) is 17.8 Å². The summed E-state index contributed by atoms with van der Waals surface area (Å²) in [5.74, 6) is 2.26. The van der Waals surface area contributed by atoms with Gasteiger partial charge in [0.2, 0.25) is 0 Å². The molecular formula is C18H27N5O. The van der Waals surface area contributed by atoms with Gasteiger partial charge in [-0.1, -0.05) is 0 Å². The van der Waals surface area contributed by atoms with Crippen LogP contribution < -0.4 is 5.32 Å². The third kappa shape index (κ3) is 3.65. The van der Waals surface area contributed by atoms with Gasteiger partial charge in [0, 0.05) is 62.0 Å². The van der Waals surface area contributed by atoms with E-state index in [-0.39, 0.29) is 12.1 Å². The van der Waals surface area contributed by atoms with E-state index in [0.29, 0.717) is 5.92 Å². The van der Waals surface area contributed by atoms with E-state index in [9.17, 15) is 0 Å². The van der Waals surface area contributed by atoms with Gasteiger partial charge in [0.15, 0.2) is 0 Å². The summed E-state index contributed by atoms with van der Waals surface area (Å²) in [6.07, 6.45) is 8.08. The number of nitrogens with zero attached hydrogens (tertiary/aromatic N) is 4. The highest BCUT2D eigenvalue weighted by molar-refractivity contribution is 5.19. The Morgan fingerprint density at radius 3 is 2.92 bits per heavy atom. The molecule has 0 bridgehead atoms. The van der Waals surface area contributed by atoms with E-state index in [2.05, 4.69) is 31.8 Å². The molecule has 0 aliphatic carbocycles. The lowest BCUT2D eigenvalue weighted by Gasteiger charge is -2.32. The smallest absolute Gasteiger partial charge is 0.137 e. The fraction of sp³-hybridized carbons (Fsp3) is 0.611. The molecule has 2 aromatic heterocycles. The number of hydrogen-bond acceptors (Lipinski definition) is 5. The normalized spacial score (nSPS) is 22.5. The summed E-state index contributed by atoms with van der Waals surface area (Å²) in [5, 5.41) is 3.64. The molecule has 1 saturated heterocycles. The van der Waals surface area contributed by atoms with Gasteiger partial charge >= 0.3 is 0 Å². The minimum atomic E-state index is 0.0637. The average molecular weight is 329 g/mol. The number of rotatable bonds is 5. The van der Waals surface area contributed by atoms with Crippen LogP contribution in [0.25, 0.3) is 0 Å². The molecule has 1 fully saturated rings. The molecule has 1 aliphatic rings. The Hall–Kier alpha value is -1.79. The van der Waals surface area contributed by atoms with Crippen LogP contribution in [0.4, 0.5) is 0 Å². The molecule has 0 amide bonds. The van der Waals surface area contributed by atoms with E-state index in [4.69, 9.17) is 4.74 Å². The highest BCUT2D eigenvalue weighted by Gasteiger charge is 2.30. The van der Waals surface area contributed by atoms with Gasteiger partial charge in [-0.05, 0) is 33.6 Å². The Morgan fingerprint density at radius 1 is 1.38 bits per heavy atom. The maximum atomic E-state index is 6.05. The second-order valence-electron chi connectivity index (χ2n) is 6.68. The van der Waals surface area contributed by atoms with Crippen LogP contribution in [0, 0.1) is 19.8 Å². The Labute approximate surface area is 143 Å². The van der Waals surface area contributed by atoms with Crippen LogP contribution in [0.2, 0.25) is 0 Å². The molecule has 130 valence electrons. The van der Waals surface area contributed by atoms with E-state index >= 15 is 0 Å². The van der Waals surface area contributed by atoms with Gasteiger partial charge in [0.05, 0.1) is 0 Å². The first-order chi connectivity index (χ1) is 11.6. The second-order valence-corrected chi connectivity index (χ2v) is 6.68. The van der Waals surface area contributed by atoms with Crippen molar-refractivity contribution in [2.75, 3.05) is 13.2 Å². The van der Waals surface area contributed by atoms with Crippen molar-refractivity contribution in [2.45, 2.75) is 45.8 Å². The van der Waals surface area contributed by atoms with Gasteiger partial charge in [-0.3, -0.25) is 0 Å². The summed E-state index contributed by atoms with van der Waals surface area (Å²) < 4.78 is 8.11. The first-order valence-corrected chi connectivity index (χ1v) is 8.68. The van der Waals surface area contributed by atoms with Crippen LogP contribution in [0.5, 0.6) is 0 Å². The van der Waals surface area contributed by atoms with E-state index in [1.807, 2.05) is 39.5 Å². The van der Waals surface area contributed by atoms with Crippen molar-refractivity contribution in [2.24, 2.45) is 13.0 Å². The molecule has 3 rings (SSSR count). The SMILES string of the molecule is Cc1ncc(C(C)NC[C@@H]2CCCO[C@H]2c2nccn2C)c(C)n1. The van der Waals surface area contributed by atoms with Gasteiger partial charge in [-0.2, -0.15) is 0 Å². The number of hydrogen-bond donors (Lipinski definition) is 1. The highest BCUT2D eigenvalue weighted by atomic mass is 16.5. The van der Waals surface area contributed by atoms with Crippen LogP contribution in [-0.4, -0.2) is 32.7 Å². The minimum absolute atomic E-state index is 0.0637. The number of aryl methyl sites for hydroxylation is 3. The van der Waals surface area contributed by atoms with Crippen molar-refractivity contribution >= 4 is 0 Å². The molecular weight excluding hydrogens is 302 g/mol. The Balaban J connectivity index is 1.66. The lowest BCUT2D eigenvalue weighted by molar-refractivity contribution is -0.0349. The first-order valence-electron chi connectivity index (χ1n) is 8.68. The third-order valence-corrected chi connectivity index (χ3v) is 4.85. The van der Waals surface area contributed by atoms with Gasteiger partial charge < -0.3 is 14.6 Å². The Kier molecular flexibility index (Phi) is 5.26. The second kappa shape index (κ2) is 7.40. The number of nitrogens with one attached hydrogen (secondary N) is 1. The van der Waals surface area contributed by atoms with E-state index in [0.717, 1.165) is 48.9 Å². The van der Waals surface area contributed by atoms with Gasteiger partial charge in [0.25, 0.3) is 0 Å². The monoisotopic (exact) mass is 329 g/mol. The number of imidazole rings is 1. The summed E-state index contributed by atoms with van der Waals surface area (Å²) in [7, 11) is 2.03. The lowest BCUT2D eigenvalue weighted by atomic mass is 9.93. The van der Waals surface area contributed by atoms with Crippen LogP contribution in [0.3, 0.4) is 0 Å². The molecule has 0 radical (unpaired) electrons. The van der Waals surface area contributed by atoms with Crippen LogP contribution >= 0.6 is 0 Å². The summed E-state index contributed by atoms with van der Waals surface area (Å²) in [5.41, 5.74) is 2.20. The molecule has 1 N–H and O–H groups in total. The summed E-state index contributed by atoms with van der Waals surface area (Å²) in [4.78, 5) is 13.3. The molecule has 0 saturated carbocycles. The molecule has 0 spiro atoms. The highest BCUT2D eigenvalue weighted by Crippen LogP contribution is 2.32. The fourth-order valence-corrected chi connectivity index (χ4v) is 3.44. The largest absolute Gasteiger partial charge is 0.370 e. The maximum absolute atomic E-state index is 6.05. The summed E-state index contributed by atoms with van der Waals surface area (Å²) in [6.45, 7) is 7.84. The quantitative estimate of drug-likeness (QED) is 0.913. The zero-order chi connectivity index (χ0) is 17.1. The predicted octanol–water partition coefficient (Wildman–Crippen LogP) is 2.65. The molecule has 1 aliphatic heterocycles. The maximum Gasteiger partial charge on any atom is 0.137 e. The van der Waals surface area contributed by atoms with Gasteiger partial charge in [-0.25, -0.2) is 15.0 Å². The van der Waals surface area contributed by atoms with Crippen molar-refractivity contribution in [3.8, 4) is 0 Å².